The van der Waals surface area contributed by atoms with E-state index in [0.717, 1.165) is 11.1 Å². The van der Waals surface area contributed by atoms with Gasteiger partial charge in [-0.1, -0.05) is 24.3 Å². The molecule has 2 nitrogen and oxygen atoms in total. The van der Waals surface area contributed by atoms with E-state index in [9.17, 15) is 13.6 Å². The minimum absolute atomic E-state index is 0.0154. The molecule has 86 valence electrons. The second-order valence-electron chi connectivity index (χ2n) is 3.51. The average molecular weight is 233 g/mol. The molecular weight excluding hydrogens is 224 g/mol. The Morgan fingerprint density at radius 2 is 1.76 bits per heavy atom. The maximum atomic E-state index is 12.4. The molecule has 0 spiro atoms. The molecule has 2 aromatic rings. The highest BCUT2D eigenvalue weighted by atomic mass is 19.3. The van der Waals surface area contributed by atoms with E-state index in [1.165, 1.54) is 18.3 Å². The quantitative estimate of drug-likeness (QED) is 0.759. The predicted octanol–water partition coefficient (Wildman–Crippen LogP) is 3.50. The van der Waals surface area contributed by atoms with Gasteiger partial charge in [-0.05, 0) is 23.3 Å². The first-order chi connectivity index (χ1) is 8.20. The van der Waals surface area contributed by atoms with Gasteiger partial charge >= 0.3 is 0 Å². The number of hydrogen-bond acceptors (Lipinski definition) is 2. The number of aromatic nitrogens is 1. The van der Waals surface area contributed by atoms with Gasteiger partial charge in [-0.25, -0.2) is 8.78 Å². The number of pyridine rings is 1. The smallest absolute Gasteiger partial charge is 0.263 e. The first-order valence-electron chi connectivity index (χ1n) is 5.00. The topological polar surface area (TPSA) is 30.0 Å². The Morgan fingerprint density at radius 1 is 1.06 bits per heavy atom. The van der Waals surface area contributed by atoms with Crippen LogP contribution in [0, 0.1) is 0 Å². The zero-order chi connectivity index (χ0) is 12.3. The molecule has 0 aliphatic carbocycles. The van der Waals surface area contributed by atoms with Crippen LogP contribution in [0.15, 0.2) is 42.6 Å². The molecule has 17 heavy (non-hydrogen) atoms. The Kier molecular flexibility index (Phi) is 3.23. The molecule has 4 heteroatoms. The van der Waals surface area contributed by atoms with Gasteiger partial charge in [0.15, 0.2) is 6.29 Å². The number of hydrogen-bond donors (Lipinski definition) is 0. The fourth-order valence-electron chi connectivity index (χ4n) is 1.51. The number of nitrogens with zero attached hydrogens (tertiary/aromatic N) is 1. The van der Waals surface area contributed by atoms with Crippen LogP contribution in [0.5, 0.6) is 0 Å². The van der Waals surface area contributed by atoms with Gasteiger partial charge in [0, 0.05) is 11.8 Å². The van der Waals surface area contributed by atoms with E-state index in [4.69, 9.17) is 0 Å². The van der Waals surface area contributed by atoms with Gasteiger partial charge in [0.1, 0.15) is 5.69 Å². The van der Waals surface area contributed by atoms with E-state index in [-0.39, 0.29) is 5.56 Å². The molecule has 0 fully saturated rings. The average Bonchev–Trinajstić information content (AvgIpc) is 2.39. The zero-order valence-corrected chi connectivity index (χ0v) is 8.81. The molecule has 0 amide bonds. The first kappa shape index (κ1) is 11.4. The number of carbonyl (C=O) groups is 1. The van der Waals surface area contributed by atoms with Gasteiger partial charge in [-0.15, -0.1) is 0 Å². The maximum absolute atomic E-state index is 12.4. The molecule has 2 rings (SSSR count). The summed E-state index contributed by atoms with van der Waals surface area (Å²) in [5.74, 6) is 0. The number of rotatable bonds is 3. The third-order valence-electron chi connectivity index (χ3n) is 2.40. The summed E-state index contributed by atoms with van der Waals surface area (Å²) in [6.45, 7) is 0. The van der Waals surface area contributed by atoms with Gasteiger partial charge in [0.05, 0.1) is 0 Å². The first-order valence-corrected chi connectivity index (χ1v) is 5.00. The minimum atomic E-state index is -2.47. The fourth-order valence-corrected chi connectivity index (χ4v) is 1.51. The summed E-state index contributed by atoms with van der Waals surface area (Å²) < 4.78 is 24.7. The van der Waals surface area contributed by atoms with Crippen LogP contribution in [0.2, 0.25) is 0 Å². The molecule has 1 aromatic carbocycles. The molecule has 0 bridgehead atoms. The van der Waals surface area contributed by atoms with Gasteiger partial charge in [0.25, 0.3) is 6.43 Å². The van der Waals surface area contributed by atoms with E-state index in [2.05, 4.69) is 4.98 Å². The van der Waals surface area contributed by atoms with Crippen molar-refractivity contribution >= 4 is 6.29 Å². The van der Waals surface area contributed by atoms with E-state index >= 15 is 0 Å². The molecule has 0 radical (unpaired) electrons. The lowest BCUT2D eigenvalue weighted by Gasteiger charge is -2.04. The SMILES string of the molecule is O=Cc1cc(-c2ccc(C(F)F)cc2)ccn1. The summed E-state index contributed by atoms with van der Waals surface area (Å²) in [6.07, 6.45) is -0.302. The lowest BCUT2D eigenvalue weighted by molar-refractivity contribution is 0.111. The minimum Gasteiger partial charge on any atom is -0.296 e. The molecular formula is C13H9F2NO. The largest absolute Gasteiger partial charge is 0.296 e. The second kappa shape index (κ2) is 4.82. The molecule has 1 heterocycles. The molecule has 0 aliphatic heterocycles. The van der Waals surface area contributed by atoms with Crippen LogP contribution in [0.4, 0.5) is 8.78 Å². The Balaban J connectivity index is 2.36. The maximum Gasteiger partial charge on any atom is 0.263 e. The van der Waals surface area contributed by atoms with Crippen LogP contribution < -0.4 is 0 Å². The number of alkyl halides is 2. The van der Waals surface area contributed by atoms with Crippen molar-refractivity contribution in [1.82, 2.24) is 4.98 Å². The predicted molar refractivity (Wildman–Crippen MR) is 60.0 cm³/mol. The summed E-state index contributed by atoms with van der Waals surface area (Å²) in [5, 5.41) is 0. The van der Waals surface area contributed by atoms with Crippen molar-refractivity contribution in [3.63, 3.8) is 0 Å². The van der Waals surface area contributed by atoms with Crippen molar-refractivity contribution in [2.75, 3.05) is 0 Å². The molecule has 0 saturated carbocycles. The Hall–Kier alpha value is -2.10. The van der Waals surface area contributed by atoms with Crippen molar-refractivity contribution in [2.45, 2.75) is 6.43 Å². The van der Waals surface area contributed by atoms with Crippen molar-refractivity contribution in [2.24, 2.45) is 0 Å². The zero-order valence-electron chi connectivity index (χ0n) is 8.81. The van der Waals surface area contributed by atoms with Crippen LogP contribution in [0.3, 0.4) is 0 Å². The third-order valence-corrected chi connectivity index (χ3v) is 2.40. The highest BCUT2D eigenvalue weighted by molar-refractivity contribution is 5.76. The molecule has 0 aliphatic rings. The number of benzene rings is 1. The molecule has 0 unspecified atom stereocenters. The summed E-state index contributed by atoms with van der Waals surface area (Å²) >= 11 is 0. The third kappa shape index (κ3) is 2.53. The van der Waals surface area contributed by atoms with E-state index in [1.54, 1.807) is 24.3 Å². The van der Waals surface area contributed by atoms with Gasteiger partial charge in [0.2, 0.25) is 0 Å². The van der Waals surface area contributed by atoms with E-state index < -0.39 is 6.43 Å². The number of halogens is 2. The Bertz CT molecular complexity index is 523. The standard InChI is InChI=1S/C13H9F2NO/c14-13(15)10-3-1-9(2-4-10)11-5-6-16-12(7-11)8-17/h1-8,13H. The van der Waals surface area contributed by atoms with Gasteiger partial charge < -0.3 is 0 Å². The number of carbonyl (C=O) groups excluding carboxylic acids is 1. The summed E-state index contributed by atoms with van der Waals surface area (Å²) in [4.78, 5) is 14.4. The summed E-state index contributed by atoms with van der Waals surface area (Å²) in [6, 6.07) is 9.30. The van der Waals surface area contributed by atoms with E-state index in [0.29, 0.717) is 12.0 Å². The highest BCUT2D eigenvalue weighted by Gasteiger charge is 2.06. The van der Waals surface area contributed by atoms with Crippen molar-refractivity contribution < 1.29 is 13.6 Å². The van der Waals surface area contributed by atoms with Crippen LogP contribution in [-0.4, -0.2) is 11.3 Å². The monoisotopic (exact) mass is 233 g/mol. The van der Waals surface area contributed by atoms with Crippen LogP contribution >= 0.6 is 0 Å². The van der Waals surface area contributed by atoms with Gasteiger partial charge in [-0.2, -0.15) is 0 Å². The fraction of sp³-hybridized carbons (Fsp3) is 0.0769. The second-order valence-corrected chi connectivity index (χ2v) is 3.51. The summed E-state index contributed by atoms with van der Waals surface area (Å²) in [5.41, 5.74) is 1.86. The van der Waals surface area contributed by atoms with Crippen molar-refractivity contribution in [1.29, 1.82) is 0 Å². The van der Waals surface area contributed by atoms with Crippen LogP contribution in [-0.2, 0) is 0 Å². The van der Waals surface area contributed by atoms with Gasteiger partial charge in [-0.3, -0.25) is 9.78 Å². The van der Waals surface area contributed by atoms with Crippen LogP contribution in [0.25, 0.3) is 11.1 Å². The lowest BCUT2D eigenvalue weighted by atomic mass is 10.0. The molecule has 0 N–H and O–H groups in total. The summed E-state index contributed by atoms with van der Waals surface area (Å²) in [7, 11) is 0. The molecule has 0 atom stereocenters. The van der Waals surface area contributed by atoms with E-state index in [1.807, 2.05) is 0 Å². The number of aldehydes is 1. The Labute approximate surface area is 96.9 Å². The Morgan fingerprint density at radius 3 is 2.35 bits per heavy atom. The van der Waals surface area contributed by atoms with Crippen molar-refractivity contribution in [3.05, 3.63) is 53.9 Å². The normalized spacial score (nSPS) is 10.5. The lowest BCUT2D eigenvalue weighted by Crippen LogP contribution is -1.88. The van der Waals surface area contributed by atoms with Crippen molar-refractivity contribution in [3.8, 4) is 11.1 Å². The van der Waals surface area contributed by atoms with Crippen LogP contribution in [0.1, 0.15) is 22.5 Å². The molecule has 0 saturated heterocycles. The highest BCUT2D eigenvalue weighted by Crippen LogP contribution is 2.24. The molecule has 1 aromatic heterocycles.